The van der Waals surface area contributed by atoms with Crippen molar-refractivity contribution in [1.29, 1.82) is 5.26 Å². The Balaban J connectivity index is 1.66. The van der Waals surface area contributed by atoms with E-state index in [9.17, 15) is 10.1 Å². The fourth-order valence-corrected chi connectivity index (χ4v) is 3.94. The van der Waals surface area contributed by atoms with Crippen LogP contribution in [0.4, 0.5) is 11.8 Å². The summed E-state index contributed by atoms with van der Waals surface area (Å²) in [7, 11) is 1.96. The number of benzene rings is 1. The first-order chi connectivity index (χ1) is 14.9. The molecule has 7 heteroatoms. The Morgan fingerprint density at radius 2 is 2.13 bits per heavy atom. The van der Waals surface area contributed by atoms with Crippen LogP contribution in [0.3, 0.4) is 0 Å². The van der Waals surface area contributed by atoms with Crippen molar-refractivity contribution in [2.24, 2.45) is 0 Å². The molecule has 0 aliphatic carbocycles. The van der Waals surface area contributed by atoms with Crippen molar-refractivity contribution in [2.45, 2.75) is 52.1 Å². The van der Waals surface area contributed by atoms with E-state index in [4.69, 9.17) is 4.74 Å². The number of rotatable bonds is 9. The molecule has 2 aromatic rings. The van der Waals surface area contributed by atoms with Crippen LogP contribution >= 0.6 is 0 Å². The molecule has 0 bridgehead atoms. The smallest absolute Gasteiger partial charge is 0.227 e. The Kier molecular flexibility index (Phi) is 7.45. The van der Waals surface area contributed by atoms with Crippen molar-refractivity contribution in [3.63, 3.8) is 0 Å². The molecule has 0 unspecified atom stereocenters. The Morgan fingerprint density at radius 3 is 2.77 bits per heavy atom. The minimum absolute atomic E-state index is 0.0267. The van der Waals surface area contributed by atoms with Gasteiger partial charge in [0.15, 0.2) is 5.82 Å². The third-order valence-electron chi connectivity index (χ3n) is 5.57. The molecule has 0 N–H and O–H groups in total. The molecule has 0 saturated carbocycles. The van der Waals surface area contributed by atoms with Crippen LogP contribution in [0.2, 0.25) is 0 Å². The lowest BCUT2D eigenvalue weighted by Crippen LogP contribution is -2.27. The van der Waals surface area contributed by atoms with Gasteiger partial charge in [0.25, 0.3) is 0 Å². The average Bonchev–Trinajstić information content (AvgIpc) is 3.21. The Bertz CT molecular complexity index is 938. The van der Waals surface area contributed by atoms with Crippen molar-refractivity contribution in [3.05, 3.63) is 41.6 Å². The van der Waals surface area contributed by atoms with Crippen molar-refractivity contribution in [1.82, 2.24) is 9.97 Å². The predicted octanol–water partition coefficient (Wildman–Crippen LogP) is 3.93. The number of nitriles is 1. The maximum absolute atomic E-state index is 11.3. The quantitative estimate of drug-likeness (QED) is 0.606. The van der Waals surface area contributed by atoms with Crippen LogP contribution in [-0.2, 0) is 4.79 Å². The molecule has 1 fully saturated rings. The zero-order valence-corrected chi connectivity index (χ0v) is 18.8. The number of Topliss-reactive ketones (excluding diaryl/α,β-unsaturated/α-hetero) is 1. The molecule has 1 aromatic carbocycles. The summed E-state index contributed by atoms with van der Waals surface area (Å²) in [6.45, 7) is 8.11. The van der Waals surface area contributed by atoms with E-state index in [0.29, 0.717) is 30.3 Å². The molecule has 1 aromatic heterocycles. The molecular weight excluding hydrogens is 390 g/mol. The fraction of sp³-hybridized carbons (Fsp3) is 0.500. The normalized spacial score (nSPS) is 16.6. The van der Waals surface area contributed by atoms with E-state index < -0.39 is 0 Å². The van der Waals surface area contributed by atoms with E-state index in [1.807, 2.05) is 36.2 Å². The van der Waals surface area contributed by atoms with E-state index in [1.54, 1.807) is 13.1 Å². The molecule has 31 heavy (non-hydrogen) atoms. The Morgan fingerprint density at radius 1 is 1.39 bits per heavy atom. The van der Waals surface area contributed by atoms with E-state index in [-0.39, 0.29) is 17.8 Å². The molecule has 164 valence electrons. The molecular formula is C24H31N5O2. The fourth-order valence-electron chi connectivity index (χ4n) is 3.94. The number of carbonyl (C=O) groups excluding carboxylic acids is 1. The number of ketones is 1. The van der Waals surface area contributed by atoms with Crippen molar-refractivity contribution in [2.75, 3.05) is 36.5 Å². The second kappa shape index (κ2) is 10.3. The first-order valence-electron chi connectivity index (χ1n) is 10.9. The molecule has 2 atom stereocenters. The van der Waals surface area contributed by atoms with E-state index in [2.05, 4.69) is 34.8 Å². The minimum atomic E-state index is 0.0267. The van der Waals surface area contributed by atoms with E-state index in [0.717, 1.165) is 37.2 Å². The molecule has 1 aliphatic heterocycles. The zero-order chi connectivity index (χ0) is 22.4. The van der Waals surface area contributed by atoms with Crippen LogP contribution in [0.1, 0.15) is 57.1 Å². The molecule has 2 heterocycles. The highest BCUT2D eigenvalue weighted by atomic mass is 16.5. The Hall–Kier alpha value is -3.14. The third kappa shape index (κ3) is 5.72. The van der Waals surface area contributed by atoms with Crippen LogP contribution < -0.4 is 14.5 Å². The monoisotopic (exact) mass is 421 g/mol. The van der Waals surface area contributed by atoms with Gasteiger partial charge >= 0.3 is 0 Å². The van der Waals surface area contributed by atoms with Gasteiger partial charge in [0.2, 0.25) is 5.95 Å². The largest absolute Gasteiger partial charge is 0.489 e. The molecule has 3 rings (SSSR count). The summed E-state index contributed by atoms with van der Waals surface area (Å²) >= 11 is 0. The second-order valence-corrected chi connectivity index (χ2v) is 8.29. The van der Waals surface area contributed by atoms with Gasteiger partial charge in [0.1, 0.15) is 29.3 Å². The standard InChI is InChI=1S/C24H31N5O2/c1-5-11-28(4)24-26-15-20(14-25)23(27-24)29-12-10-22(16-29)31-21-8-6-19(7-9-21)17(2)13-18(3)30/h6-9,15,17,22H,5,10-13,16H2,1-4H3/t17-,22-/m1/s1. The third-order valence-corrected chi connectivity index (χ3v) is 5.57. The number of ether oxygens (including phenoxy) is 1. The highest BCUT2D eigenvalue weighted by Crippen LogP contribution is 2.27. The number of nitrogens with zero attached hydrogens (tertiary/aromatic N) is 5. The van der Waals surface area contributed by atoms with Gasteiger partial charge in [-0.3, -0.25) is 0 Å². The number of carbonyl (C=O) groups is 1. The number of anilines is 2. The number of hydrogen-bond donors (Lipinski definition) is 0. The molecule has 1 saturated heterocycles. The van der Waals surface area contributed by atoms with Gasteiger partial charge in [-0.2, -0.15) is 10.2 Å². The summed E-state index contributed by atoms with van der Waals surface area (Å²) in [5.41, 5.74) is 1.62. The molecule has 0 radical (unpaired) electrons. The summed E-state index contributed by atoms with van der Waals surface area (Å²) in [5.74, 6) is 2.53. The summed E-state index contributed by atoms with van der Waals surface area (Å²) in [5, 5.41) is 9.52. The van der Waals surface area contributed by atoms with Gasteiger partial charge in [-0.15, -0.1) is 0 Å². The van der Waals surface area contributed by atoms with Crippen LogP contribution in [0, 0.1) is 11.3 Å². The summed E-state index contributed by atoms with van der Waals surface area (Å²) in [6, 6.07) is 10.2. The lowest BCUT2D eigenvalue weighted by Gasteiger charge is -2.22. The van der Waals surface area contributed by atoms with Gasteiger partial charge in [-0.1, -0.05) is 26.0 Å². The SMILES string of the molecule is CCCN(C)c1ncc(C#N)c(N2CC[C@@H](Oc3ccc([C@H](C)CC(C)=O)cc3)C2)n1. The number of aromatic nitrogens is 2. The second-order valence-electron chi connectivity index (χ2n) is 8.29. The van der Waals surface area contributed by atoms with Gasteiger partial charge < -0.3 is 19.3 Å². The van der Waals surface area contributed by atoms with Gasteiger partial charge in [-0.25, -0.2) is 4.98 Å². The number of hydrogen-bond acceptors (Lipinski definition) is 7. The lowest BCUT2D eigenvalue weighted by molar-refractivity contribution is -0.117. The highest BCUT2D eigenvalue weighted by molar-refractivity contribution is 5.76. The summed E-state index contributed by atoms with van der Waals surface area (Å²) in [6.07, 6.45) is 4.05. The first kappa shape index (κ1) is 22.5. The maximum atomic E-state index is 11.3. The average molecular weight is 422 g/mol. The Labute approximate surface area is 184 Å². The highest BCUT2D eigenvalue weighted by Gasteiger charge is 2.27. The van der Waals surface area contributed by atoms with Crippen LogP contribution in [0.15, 0.2) is 30.5 Å². The first-order valence-corrected chi connectivity index (χ1v) is 10.9. The minimum Gasteiger partial charge on any atom is -0.489 e. The van der Waals surface area contributed by atoms with E-state index >= 15 is 0 Å². The molecule has 0 amide bonds. The molecule has 7 nitrogen and oxygen atoms in total. The molecule has 1 aliphatic rings. The molecule has 0 spiro atoms. The van der Waals surface area contributed by atoms with Crippen molar-refractivity contribution in [3.8, 4) is 11.8 Å². The van der Waals surface area contributed by atoms with Crippen LogP contribution in [0.5, 0.6) is 5.75 Å². The summed E-state index contributed by atoms with van der Waals surface area (Å²) in [4.78, 5) is 24.5. The maximum Gasteiger partial charge on any atom is 0.227 e. The van der Waals surface area contributed by atoms with Crippen LogP contribution in [-0.4, -0.2) is 48.5 Å². The van der Waals surface area contributed by atoms with Gasteiger partial charge in [0, 0.05) is 33.0 Å². The van der Waals surface area contributed by atoms with Gasteiger partial charge in [0.05, 0.1) is 12.7 Å². The summed E-state index contributed by atoms with van der Waals surface area (Å²) < 4.78 is 6.19. The van der Waals surface area contributed by atoms with Gasteiger partial charge in [-0.05, 0) is 37.0 Å². The topological polar surface area (TPSA) is 82.4 Å². The van der Waals surface area contributed by atoms with E-state index in [1.165, 1.54) is 0 Å². The predicted molar refractivity (Wildman–Crippen MR) is 122 cm³/mol. The van der Waals surface area contributed by atoms with Crippen LogP contribution in [0.25, 0.3) is 0 Å². The zero-order valence-electron chi connectivity index (χ0n) is 18.8. The lowest BCUT2D eigenvalue weighted by atomic mass is 9.96. The van der Waals surface area contributed by atoms with Crippen molar-refractivity contribution < 1.29 is 9.53 Å². The van der Waals surface area contributed by atoms with Crippen molar-refractivity contribution >= 4 is 17.5 Å².